The average Bonchev–Trinajstić information content (AvgIpc) is 2.83. The molecule has 1 amide bonds. The second-order valence-electron chi connectivity index (χ2n) is 6.83. The molecule has 5 heteroatoms. The third-order valence-corrected chi connectivity index (χ3v) is 3.53. The normalized spacial score (nSPS) is 15.6. The lowest BCUT2D eigenvalue weighted by atomic mass is 10.1. The fourth-order valence-corrected chi connectivity index (χ4v) is 2.40. The zero-order valence-corrected chi connectivity index (χ0v) is 14.1. The molecule has 1 aliphatic heterocycles. The number of amides is 1. The molecular weight excluding hydrogens is 278 g/mol. The van der Waals surface area contributed by atoms with Crippen LogP contribution in [0.4, 0.5) is 4.79 Å². The smallest absolute Gasteiger partial charge is 0.410 e. The summed E-state index contributed by atoms with van der Waals surface area (Å²) in [6.07, 6.45) is 6.98. The van der Waals surface area contributed by atoms with Crippen molar-refractivity contribution in [2.45, 2.75) is 39.3 Å². The van der Waals surface area contributed by atoms with Crippen LogP contribution in [0.1, 0.15) is 32.8 Å². The summed E-state index contributed by atoms with van der Waals surface area (Å²) in [5.74, 6) is 0. The van der Waals surface area contributed by atoms with Gasteiger partial charge in [-0.1, -0.05) is 11.6 Å². The van der Waals surface area contributed by atoms with E-state index >= 15 is 0 Å². The number of carbonyl (C=O) groups excluding carboxylic acids is 1. The number of nitrogens with zero attached hydrogens (tertiary/aromatic N) is 2. The van der Waals surface area contributed by atoms with Gasteiger partial charge in [0.15, 0.2) is 0 Å². The first-order chi connectivity index (χ1) is 10.3. The van der Waals surface area contributed by atoms with Crippen LogP contribution in [-0.2, 0) is 18.3 Å². The second kappa shape index (κ2) is 7.01. The molecule has 1 aliphatic rings. The highest BCUT2D eigenvalue weighted by molar-refractivity contribution is 5.68. The van der Waals surface area contributed by atoms with E-state index in [4.69, 9.17) is 4.74 Å². The van der Waals surface area contributed by atoms with Gasteiger partial charge in [-0.3, -0.25) is 0 Å². The minimum Gasteiger partial charge on any atom is -0.444 e. The molecule has 0 bridgehead atoms. The molecule has 0 atom stereocenters. The number of aryl methyl sites for hydroxylation is 1. The maximum atomic E-state index is 12.0. The molecule has 2 rings (SSSR count). The quantitative estimate of drug-likeness (QED) is 0.870. The fraction of sp³-hybridized carbons (Fsp3) is 0.588. The Morgan fingerprint density at radius 3 is 2.68 bits per heavy atom. The molecule has 0 saturated heterocycles. The number of nitrogens with one attached hydrogen (secondary N) is 1. The molecule has 0 fully saturated rings. The molecule has 0 aliphatic carbocycles. The van der Waals surface area contributed by atoms with Crippen molar-refractivity contribution in [1.82, 2.24) is 14.8 Å². The van der Waals surface area contributed by atoms with Crippen LogP contribution in [0.25, 0.3) is 0 Å². The Morgan fingerprint density at radius 2 is 2.14 bits per heavy atom. The van der Waals surface area contributed by atoms with Crippen LogP contribution in [0.5, 0.6) is 0 Å². The van der Waals surface area contributed by atoms with Crippen molar-refractivity contribution in [1.29, 1.82) is 0 Å². The molecule has 0 spiro atoms. The minimum atomic E-state index is -0.432. The summed E-state index contributed by atoms with van der Waals surface area (Å²) in [5, 5.41) is 3.45. The van der Waals surface area contributed by atoms with E-state index < -0.39 is 5.60 Å². The maximum Gasteiger partial charge on any atom is 0.410 e. The lowest BCUT2D eigenvalue weighted by molar-refractivity contribution is 0.0265. The first kappa shape index (κ1) is 16.6. The monoisotopic (exact) mass is 305 g/mol. The highest BCUT2D eigenvalue weighted by Crippen LogP contribution is 2.15. The molecule has 2 heterocycles. The van der Waals surface area contributed by atoms with E-state index in [9.17, 15) is 4.79 Å². The van der Waals surface area contributed by atoms with Crippen molar-refractivity contribution in [2.75, 3.05) is 19.6 Å². The maximum absolute atomic E-state index is 12.0. The molecule has 1 N–H and O–H groups in total. The van der Waals surface area contributed by atoms with Crippen molar-refractivity contribution in [3.05, 3.63) is 35.7 Å². The lowest BCUT2D eigenvalue weighted by Gasteiger charge is -2.29. The van der Waals surface area contributed by atoms with Crippen LogP contribution in [-0.4, -0.2) is 40.8 Å². The third kappa shape index (κ3) is 5.22. The Morgan fingerprint density at radius 1 is 1.36 bits per heavy atom. The SMILES string of the molecule is Cn1ccc(CNCC2=CCN(C(=O)OC(C)(C)C)CC2)c1. The Hall–Kier alpha value is -1.75. The number of carbonyl (C=O) groups is 1. The molecule has 0 saturated carbocycles. The van der Waals surface area contributed by atoms with E-state index in [1.807, 2.05) is 27.8 Å². The summed E-state index contributed by atoms with van der Waals surface area (Å²) in [6, 6.07) is 2.12. The topological polar surface area (TPSA) is 46.5 Å². The van der Waals surface area contributed by atoms with Crippen LogP contribution in [0.15, 0.2) is 30.1 Å². The number of hydrogen-bond donors (Lipinski definition) is 1. The molecule has 122 valence electrons. The zero-order valence-electron chi connectivity index (χ0n) is 14.1. The number of ether oxygens (including phenoxy) is 1. The van der Waals surface area contributed by atoms with Gasteiger partial charge in [-0.25, -0.2) is 4.79 Å². The number of aromatic nitrogens is 1. The highest BCUT2D eigenvalue weighted by atomic mass is 16.6. The number of rotatable bonds is 4. The van der Waals surface area contributed by atoms with Gasteiger partial charge in [0.25, 0.3) is 0 Å². The summed E-state index contributed by atoms with van der Waals surface area (Å²) in [7, 11) is 2.03. The molecule has 0 unspecified atom stereocenters. The zero-order chi connectivity index (χ0) is 16.2. The van der Waals surface area contributed by atoms with Gasteiger partial charge >= 0.3 is 6.09 Å². The standard InChI is InChI=1S/C17H27N3O2/c1-17(2,3)22-16(21)20-9-6-14(7-10-20)11-18-12-15-5-8-19(4)13-15/h5-6,8,13,18H,7,9-12H2,1-4H3. The van der Waals surface area contributed by atoms with E-state index in [0.29, 0.717) is 6.54 Å². The van der Waals surface area contributed by atoms with Gasteiger partial charge in [-0.15, -0.1) is 0 Å². The van der Waals surface area contributed by atoms with E-state index in [1.54, 1.807) is 4.90 Å². The largest absolute Gasteiger partial charge is 0.444 e. The third-order valence-electron chi connectivity index (χ3n) is 3.53. The molecular formula is C17H27N3O2. The fourth-order valence-electron chi connectivity index (χ4n) is 2.40. The Balaban J connectivity index is 1.73. The van der Waals surface area contributed by atoms with Gasteiger partial charge in [-0.05, 0) is 38.8 Å². The second-order valence-corrected chi connectivity index (χ2v) is 6.83. The summed E-state index contributed by atoms with van der Waals surface area (Å²) in [6.45, 7) is 8.78. The first-order valence-corrected chi connectivity index (χ1v) is 7.81. The van der Waals surface area contributed by atoms with Gasteiger partial charge in [0.05, 0.1) is 0 Å². The molecule has 22 heavy (non-hydrogen) atoms. The van der Waals surface area contributed by atoms with Crippen molar-refractivity contribution < 1.29 is 9.53 Å². The molecule has 5 nitrogen and oxygen atoms in total. The van der Waals surface area contributed by atoms with Gasteiger partial charge in [0, 0.05) is 45.6 Å². The molecule has 1 aromatic heterocycles. The van der Waals surface area contributed by atoms with E-state index in [1.165, 1.54) is 11.1 Å². The lowest BCUT2D eigenvalue weighted by Crippen LogP contribution is -2.39. The van der Waals surface area contributed by atoms with Crippen molar-refractivity contribution in [3.8, 4) is 0 Å². The first-order valence-electron chi connectivity index (χ1n) is 7.81. The Labute approximate surface area is 132 Å². The molecule has 0 aromatic carbocycles. The van der Waals surface area contributed by atoms with E-state index in [-0.39, 0.29) is 6.09 Å². The number of hydrogen-bond acceptors (Lipinski definition) is 3. The van der Waals surface area contributed by atoms with Crippen LogP contribution >= 0.6 is 0 Å². The van der Waals surface area contributed by atoms with Crippen LogP contribution in [0.3, 0.4) is 0 Å². The van der Waals surface area contributed by atoms with Gasteiger partial charge in [0.1, 0.15) is 5.60 Å². The van der Waals surface area contributed by atoms with Gasteiger partial charge in [0.2, 0.25) is 0 Å². The van der Waals surface area contributed by atoms with E-state index in [2.05, 4.69) is 34.4 Å². The highest BCUT2D eigenvalue weighted by Gasteiger charge is 2.23. The Bertz CT molecular complexity index is 540. The molecule has 1 aromatic rings. The molecule has 0 radical (unpaired) electrons. The Kier molecular flexibility index (Phi) is 5.29. The van der Waals surface area contributed by atoms with Crippen molar-refractivity contribution in [2.24, 2.45) is 7.05 Å². The van der Waals surface area contributed by atoms with Gasteiger partial charge < -0.3 is 19.5 Å². The minimum absolute atomic E-state index is 0.222. The van der Waals surface area contributed by atoms with Crippen molar-refractivity contribution in [3.63, 3.8) is 0 Å². The predicted octanol–water partition coefficient (Wildman–Crippen LogP) is 2.68. The van der Waals surface area contributed by atoms with Crippen LogP contribution in [0.2, 0.25) is 0 Å². The van der Waals surface area contributed by atoms with Crippen LogP contribution < -0.4 is 5.32 Å². The van der Waals surface area contributed by atoms with E-state index in [0.717, 1.165) is 26.1 Å². The summed E-state index contributed by atoms with van der Waals surface area (Å²) in [5.41, 5.74) is 2.21. The van der Waals surface area contributed by atoms with Crippen LogP contribution in [0, 0.1) is 0 Å². The summed E-state index contributed by atoms with van der Waals surface area (Å²) >= 11 is 0. The average molecular weight is 305 g/mol. The summed E-state index contributed by atoms with van der Waals surface area (Å²) < 4.78 is 7.44. The summed E-state index contributed by atoms with van der Waals surface area (Å²) in [4.78, 5) is 13.7. The predicted molar refractivity (Wildman–Crippen MR) is 87.6 cm³/mol. The van der Waals surface area contributed by atoms with Gasteiger partial charge in [-0.2, -0.15) is 0 Å². The van der Waals surface area contributed by atoms with Crippen molar-refractivity contribution >= 4 is 6.09 Å².